The number of ether oxygens (including phenoxy) is 1. The Hall–Kier alpha value is -1.51. The molecule has 0 radical (unpaired) electrons. The first kappa shape index (κ1) is 19.5. The van der Waals surface area contributed by atoms with Gasteiger partial charge in [0.25, 0.3) is 0 Å². The highest BCUT2D eigenvalue weighted by Crippen LogP contribution is 2.65. The van der Waals surface area contributed by atoms with Crippen molar-refractivity contribution in [1.82, 2.24) is 5.32 Å². The third-order valence-corrected chi connectivity index (χ3v) is 9.68. The van der Waals surface area contributed by atoms with E-state index < -0.39 is 0 Å². The topological polar surface area (TPSA) is 38.3 Å². The zero-order chi connectivity index (χ0) is 20.4. The maximum Gasteiger partial charge on any atom is 0.220 e. The molecule has 1 N–H and O–H groups in total. The number of aryl methyl sites for hydroxylation is 1. The molecule has 8 atom stereocenters. The molecule has 5 rings (SSSR count). The minimum absolute atomic E-state index is 0.270. The Kier molecular flexibility index (Phi) is 4.53. The lowest BCUT2D eigenvalue weighted by Gasteiger charge is -2.62. The second-order valence-electron chi connectivity index (χ2n) is 11.2. The summed E-state index contributed by atoms with van der Waals surface area (Å²) in [5.74, 6) is 4.25. The molecular weight excluding hydrogens is 358 g/mol. The van der Waals surface area contributed by atoms with Gasteiger partial charge in [-0.25, -0.2) is 0 Å². The number of benzene rings is 1. The van der Waals surface area contributed by atoms with Gasteiger partial charge >= 0.3 is 0 Å². The van der Waals surface area contributed by atoms with Gasteiger partial charge in [0.15, 0.2) is 0 Å². The molecule has 3 aliphatic carbocycles. The summed E-state index contributed by atoms with van der Waals surface area (Å²) < 4.78 is 6.61. The Labute approximate surface area is 176 Å². The molecule has 0 aromatic heterocycles. The van der Waals surface area contributed by atoms with Gasteiger partial charge in [-0.1, -0.05) is 38.5 Å². The quantitative estimate of drug-likeness (QED) is 0.717. The molecule has 0 spiro atoms. The molecular formula is C26H37NO2. The number of amides is 1. The molecule has 4 aliphatic rings. The number of hydrogen-bond donors (Lipinski definition) is 1. The van der Waals surface area contributed by atoms with Gasteiger partial charge in [0.2, 0.25) is 5.91 Å². The fraction of sp³-hybridized carbons (Fsp3) is 0.731. The van der Waals surface area contributed by atoms with Crippen molar-refractivity contribution in [3.05, 3.63) is 29.8 Å². The van der Waals surface area contributed by atoms with Crippen LogP contribution in [0.2, 0.25) is 0 Å². The van der Waals surface area contributed by atoms with Crippen LogP contribution in [-0.4, -0.2) is 18.1 Å². The van der Waals surface area contributed by atoms with E-state index in [0.29, 0.717) is 24.5 Å². The van der Waals surface area contributed by atoms with E-state index in [4.69, 9.17) is 4.74 Å². The van der Waals surface area contributed by atoms with Gasteiger partial charge in [-0.3, -0.25) is 4.79 Å². The number of piperidine rings is 1. The molecule has 1 heterocycles. The molecule has 3 heteroatoms. The first-order valence-corrected chi connectivity index (χ1v) is 11.8. The molecule has 1 aliphatic heterocycles. The second-order valence-corrected chi connectivity index (χ2v) is 11.2. The van der Waals surface area contributed by atoms with E-state index >= 15 is 0 Å². The third-order valence-electron chi connectivity index (χ3n) is 9.68. The molecule has 3 unspecified atom stereocenters. The number of hydrogen-bond acceptors (Lipinski definition) is 2. The number of rotatable bonds is 2. The van der Waals surface area contributed by atoms with Gasteiger partial charge in [0.1, 0.15) is 11.9 Å². The van der Waals surface area contributed by atoms with Crippen molar-refractivity contribution >= 4 is 5.91 Å². The maximum atomic E-state index is 12.1. The molecule has 1 saturated heterocycles. The number of carbonyl (C=O) groups is 1. The number of carbonyl (C=O) groups excluding carboxylic acids is 1. The number of nitrogens with one attached hydrogen (secondary N) is 1. The van der Waals surface area contributed by atoms with Crippen LogP contribution in [0.15, 0.2) is 24.3 Å². The van der Waals surface area contributed by atoms with Crippen molar-refractivity contribution in [2.24, 2.45) is 34.5 Å². The predicted octanol–water partition coefficient (Wildman–Crippen LogP) is 5.51. The Morgan fingerprint density at radius 2 is 1.72 bits per heavy atom. The van der Waals surface area contributed by atoms with E-state index in [9.17, 15) is 4.79 Å². The van der Waals surface area contributed by atoms with Crippen molar-refractivity contribution in [1.29, 1.82) is 0 Å². The Morgan fingerprint density at radius 1 is 1.00 bits per heavy atom. The van der Waals surface area contributed by atoms with Crippen LogP contribution in [-0.2, 0) is 4.79 Å². The summed E-state index contributed by atoms with van der Waals surface area (Å²) >= 11 is 0. The zero-order valence-electron chi connectivity index (χ0n) is 18.5. The molecule has 3 nitrogen and oxygen atoms in total. The maximum absolute atomic E-state index is 12.1. The Bertz CT molecular complexity index is 788. The average molecular weight is 396 g/mol. The summed E-state index contributed by atoms with van der Waals surface area (Å²) in [4.78, 5) is 12.1. The van der Waals surface area contributed by atoms with Crippen molar-refractivity contribution < 1.29 is 9.53 Å². The molecule has 4 fully saturated rings. The van der Waals surface area contributed by atoms with E-state index in [-0.39, 0.29) is 16.7 Å². The molecule has 29 heavy (non-hydrogen) atoms. The van der Waals surface area contributed by atoms with Gasteiger partial charge in [-0.15, -0.1) is 0 Å². The van der Waals surface area contributed by atoms with Crippen LogP contribution in [0.4, 0.5) is 0 Å². The monoisotopic (exact) mass is 395 g/mol. The van der Waals surface area contributed by atoms with Crippen LogP contribution in [0.5, 0.6) is 5.75 Å². The Balaban J connectivity index is 1.40. The first-order chi connectivity index (χ1) is 13.8. The largest absolute Gasteiger partial charge is 0.490 e. The lowest BCUT2D eigenvalue weighted by molar-refractivity contribution is -0.145. The molecule has 1 aromatic rings. The fourth-order valence-corrected chi connectivity index (χ4v) is 7.97. The first-order valence-electron chi connectivity index (χ1n) is 11.8. The summed E-state index contributed by atoms with van der Waals surface area (Å²) in [6.07, 6.45) is 8.31. The lowest BCUT2D eigenvalue weighted by Crippen LogP contribution is -2.63. The number of fused-ring (bicyclic) bond motifs is 5. The van der Waals surface area contributed by atoms with E-state index in [0.717, 1.165) is 36.3 Å². The second kappa shape index (κ2) is 6.75. The van der Waals surface area contributed by atoms with Crippen molar-refractivity contribution in [2.75, 3.05) is 0 Å². The van der Waals surface area contributed by atoms with Crippen molar-refractivity contribution in [3.63, 3.8) is 0 Å². The lowest BCUT2D eigenvalue weighted by atomic mass is 9.45. The minimum atomic E-state index is 0.270. The van der Waals surface area contributed by atoms with Gasteiger partial charge in [-0.2, -0.15) is 0 Å². The van der Waals surface area contributed by atoms with Crippen LogP contribution in [0, 0.1) is 41.4 Å². The van der Waals surface area contributed by atoms with Crippen LogP contribution in [0.1, 0.15) is 71.3 Å². The third kappa shape index (κ3) is 2.94. The normalized spacial score (nSPS) is 46.3. The van der Waals surface area contributed by atoms with Crippen LogP contribution < -0.4 is 10.1 Å². The smallest absolute Gasteiger partial charge is 0.220 e. The van der Waals surface area contributed by atoms with Crippen molar-refractivity contribution in [2.45, 2.75) is 84.8 Å². The van der Waals surface area contributed by atoms with Gasteiger partial charge < -0.3 is 10.1 Å². The summed E-state index contributed by atoms with van der Waals surface area (Å²) in [5.41, 5.74) is 1.84. The average Bonchev–Trinajstić information content (AvgIpc) is 3.01. The molecule has 158 valence electrons. The molecule has 3 saturated carbocycles. The standard InChI is InChI=1S/C26H37NO2/c1-16-5-7-18(8-6-16)29-22-10-9-19-24-17(2)15-21-25(3,14-12-23(28)27-21)20(24)11-13-26(19,22)4/h5-8,17,19-22,24H,9-15H2,1-4H3,(H,27,28)/t17?,19-,20+,21?,22?,24-,25+,26-/m0/s1. The van der Waals surface area contributed by atoms with Crippen LogP contribution in [0.25, 0.3) is 0 Å². The molecule has 1 amide bonds. The summed E-state index contributed by atoms with van der Waals surface area (Å²) in [6, 6.07) is 8.96. The zero-order valence-corrected chi connectivity index (χ0v) is 18.5. The van der Waals surface area contributed by atoms with Gasteiger partial charge in [0, 0.05) is 17.9 Å². The van der Waals surface area contributed by atoms with E-state index in [1.165, 1.54) is 31.2 Å². The Morgan fingerprint density at radius 3 is 2.48 bits per heavy atom. The van der Waals surface area contributed by atoms with Crippen LogP contribution >= 0.6 is 0 Å². The molecule has 1 aromatic carbocycles. The van der Waals surface area contributed by atoms with E-state index in [2.05, 4.69) is 57.3 Å². The minimum Gasteiger partial charge on any atom is -0.490 e. The highest BCUT2D eigenvalue weighted by atomic mass is 16.5. The summed E-state index contributed by atoms with van der Waals surface area (Å²) in [6.45, 7) is 9.59. The molecule has 0 bridgehead atoms. The van der Waals surface area contributed by atoms with Gasteiger partial charge in [-0.05, 0) is 86.7 Å². The van der Waals surface area contributed by atoms with E-state index in [1.54, 1.807) is 0 Å². The predicted molar refractivity (Wildman–Crippen MR) is 116 cm³/mol. The summed E-state index contributed by atoms with van der Waals surface area (Å²) in [7, 11) is 0. The van der Waals surface area contributed by atoms with Crippen molar-refractivity contribution in [3.8, 4) is 5.75 Å². The van der Waals surface area contributed by atoms with E-state index in [1.807, 2.05) is 0 Å². The fourth-order valence-electron chi connectivity index (χ4n) is 7.97. The SMILES string of the molecule is Cc1ccc(OC2CC[C@H]3[C@@H]4C(C)CC5NC(=O)CC[C@]5(C)[C@@H]4CC[C@]23C)cc1. The van der Waals surface area contributed by atoms with Gasteiger partial charge in [0.05, 0.1) is 0 Å². The highest BCUT2D eigenvalue weighted by molar-refractivity contribution is 5.77. The van der Waals surface area contributed by atoms with Crippen LogP contribution in [0.3, 0.4) is 0 Å². The highest BCUT2D eigenvalue weighted by Gasteiger charge is 2.62. The summed E-state index contributed by atoms with van der Waals surface area (Å²) in [5, 5.41) is 3.37.